The van der Waals surface area contributed by atoms with Gasteiger partial charge in [0.15, 0.2) is 0 Å². The van der Waals surface area contributed by atoms with Crippen molar-refractivity contribution in [2.45, 2.75) is 25.7 Å². The summed E-state index contributed by atoms with van der Waals surface area (Å²) in [6, 6.07) is 33.8. The van der Waals surface area contributed by atoms with Crippen molar-refractivity contribution in [3.8, 4) is 28.3 Å². The number of hydrogen-bond acceptors (Lipinski definition) is 2. The largest absolute Gasteiger partial charge is 0.370 e. The minimum Gasteiger partial charge on any atom is -0.370 e. The van der Waals surface area contributed by atoms with Gasteiger partial charge in [-0.15, -0.1) is 0 Å². The third-order valence-electron chi connectivity index (χ3n) is 6.66. The average molecular weight is 463 g/mol. The maximum Gasteiger partial charge on any atom is 0.102 e. The molecule has 3 heteroatoms. The lowest BCUT2D eigenvalue weighted by atomic mass is 9.84. The lowest BCUT2D eigenvalue weighted by molar-refractivity contribution is 0.577. The number of rotatable bonds is 5. The van der Waals surface area contributed by atoms with Gasteiger partial charge in [-0.3, -0.25) is 0 Å². The Labute approximate surface area is 207 Å². The maximum atomic E-state index is 10.5. The standard InChI is InChI=1S/C31H27ClN2/c32-26-16-14-24(15-17-26)27-21-30(34-18-8-3-9-19-34)29(22-33)28(20-23-10-4-1-5-11-23)31(27)25-12-6-2-7-13-25/h1-2,4-7,10-17,21H,3,8-9,18-20H2. The zero-order valence-electron chi connectivity index (χ0n) is 19.2. The van der Waals surface area contributed by atoms with Gasteiger partial charge in [0.1, 0.15) is 6.07 Å². The summed E-state index contributed by atoms with van der Waals surface area (Å²) in [5.74, 6) is 0. The first kappa shape index (κ1) is 22.3. The molecule has 0 amide bonds. The molecule has 0 atom stereocenters. The van der Waals surface area contributed by atoms with Gasteiger partial charge in [0.2, 0.25) is 0 Å². The summed E-state index contributed by atoms with van der Waals surface area (Å²) in [5.41, 5.74) is 8.65. The fourth-order valence-corrected chi connectivity index (χ4v) is 5.13. The number of nitrogens with zero attached hydrogens (tertiary/aromatic N) is 2. The van der Waals surface area contributed by atoms with Crippen LogP contribution >= 0.6 is 11.6 Å². The number of anilines is 1. The van der Waals surface area contributed by atoms with Crippen LogP contribution in [0.5, 0.6) is 0 Å². The van der Waals surface area contributed by atoms with Crippen LogP contribution in [0, 0.1) is 11.3 Å². The Kier molecular flexibility index (Phi) is 6.65. The SMILES string of the molecule is N#Cc1c(N2CCCCC2)cc(-c2ccc(Cl)cc2)c(-c2ccccc2)c1Cc1ccccc1. The highest BCUT2D eigenvalue weighted by molar-refractivity contribution is 6.30. The molecule has 1 aliphatic rings. The number of halogens is 1. The molecule has 2 nitrogen and oxygen atoms in total. The predicted molar refractivity (Wildman–Crippen MR) is 142 cm³/mol. The van der Waals surface area contributed by atoms with E-state index < -0.39 is 0 Å². The molecule has 0 unspecified atom stereocenters. The van der Waals surface area contributed by atoms with Crippen LogP contribution in [0.4, 0.5) is 5.69 Å². The second-order valence-corrected chi connectivity index (χ2v) is 9.30. The van der Waals surface area contributed by atoms with Crippen LogP contribution in [0.25, 0.3) is 22.3 Å². The lowest BCUT2D eigenvalue weighted by Gasteiger charge is -2.32. The maximum absolute atomic E-state index is 10.5. The van der Waals surface area contributed by atoms with Crippen LogP contribution < -0.4 is 4.90 Å². The summed E-state index contributed by atoms with van der Waals surface area (Å²) in [6.45, 7) is 1.98. The average Bonchev–Trinajstić information content (AvgIpc) is 2.90. The van der Waals surface area contributed by atoms with E-state index in [4.69, 9.17) is 11.6 Å². The van der Waals surface area contributed by atoms with Crippen molar-refractivity contribution in [3.63, 3.8) is 0 Å². The highest BCUT2D eigenvalue weighted by atomic mass is 35.5. The number of benzene rings is 4. The fraction of sp³-hybridized carbons (Fsp3) is 0.194. The molecule has 168 valence electrons. The van der Waals surface area contributed by atoms with Crippen LogP contribution in [0.2, 0.25) is 5.02 Å². The van der Waals surface area contributed by atoms with Crippen LogP contribution in [0.1, 0.15) is 36.0 Å². The van der Waals surface area contributed by atoms with Gasteiger partial charge in [0.25, 0.3) is 0 Å². The Morgan fingerprint density at radius 2 is 1.41 bits per heavy atom. The van der Waals surface area contributed by atoms with Crippen molar-refractivity contribution < 1.29 is 0 Å². The van der Waals surface area contributed by atoms with Gasteiger partial charge in [-0.2, -0.15) is 5.26 Å². The van der Waals surface area contributed by atoms with Gasteiger partial charge in [-0.1, -0.05) is 84.4 Å². The third kappa shape index (κ3) is 4.58. The van der Waals surface area contributed by atoms with E-state index in [-0.39, 0.29) is 0 Å². The fourth-order valence-electron chi connectivity index (χ4n) is 5.00. The molecule has 1 saturated heterocycles. The van der Waals surface area contributed by atoms with Gasteiger partial charge >= 0.3 is 0 Å². The molecular weight excluding hydrogens is 436 g/mol. The van der Waals surface area contributed by atoms with E-state index in [1.165, 1.54) is 12.0 Å². The second kappa shape index (κ2) is 10.2. The normalized spacial score (nSPS) is 13.5. The second-order valence-electron chi connectivity index (χ2n) is 8.87. The third-order valence-corrected chi connectivity index (χ3v) is 6.91. The van der Waals surface area contributed by atoms with E-state index >= 15 is 0 Å². The molecule has 4 aromatic rings. The molecule has 0 spiro atoms. The first-order chi connectivity index (χ1) is 16.7. The molecule has 1 fully saturated rings. The Morgan fingerprint density at radius 3 is 2.06 bits per heavy atom. The van der Waals surface area contributed by atoms with Gasteiger partial charge in [-0.05, 0) is 77.3 Å². The van der Waals surface area contributed by atoms with Gasteiger partial charge in [-0.25, -0.2) is 0 Å². The summed E-state index contributed by atoms with van der Waals surface area (Å²) < 4.78 is 0. The van der Waals surface area contributed by atoms with Crippen molar-refractivity contribution in [2.75, 3.05) is 18.0 Å². The van der Waals surface area contributed by atoms with E-state index in [2.05, 4.69) is 77.7 Å². The monoisotopic (exact) mass is 462 g/mol. The summed E-state index contributed by atoms with van der Waals surface area (Å²) >= 11 is 6.24. The molecule has 0 radical (unpaired) electrons. The van der Waals surface area contributed by atoms with Crippen LogP contribution in [0.3, 0.4) is 0 Å². The Morgan fingerprint density at radius 1 is 0.765 bits per heavy atom. The molecule has 1 aliphatic heterocycles. The van der Waals surface area contributed by atoms with Crippen molar-refractivity contribution in [2.24, 2.45) is 0 Å². The van der Waals surface area contributed by atoms with Gasteiger partial charge in [0.05, 0.1) is 11.3 Å². The number of piperidine rings is 1. The molecule has 5 rings (SSSR count). The minimum absolute atomic E-state index is 0.705. The predicted octanol–water partition coefficient (Wildman–Crippen LogP) is 8.13. The van der Waals surface area contributed by atoms with Crippen molar-refractivity contribution >= 4 is 17.3 Å². The van der Waals surface area contributed by atoms with E-state index in [9.17, 15) is 5.26 Å². The van der Waals surface area contributed by atoms with E-state index in [1.54, 1.807) is 0 Å². The van der Waals surface area contributed by atoms with Crippen LogP contribution in [0.15, 0.2) is 91.0 Å². The Balaban J connectivity index is 1.82. The Bertz CT molecular complexity index is 1300. The molecule has 34 heavy (non-hydrogen) atoms. The molecule has 0 saturated carbocycles. The molecule has 4 aromatic carbocycles. The van der Waals surface area contributed by atoms with Crippen molar-refractivity contribution in [1.82, 2.24) is 0 Å². The summed E-state index contributed by atoms with van der Waals surface area (Å²) in [6.07, 6.45) is 4.28. The summed E-state index contributed by atoms with van der Waals surface area (Å²) in [4.78, 5) is 2.41. The zero-order chi connectivity index (χ0) is 23.3. The zero-order valence-corrected chi connectivity index (χ0v) is 19.9. The minimum atomic E-state index is 0.705. The number of nitriles is 1. The quantitative estimate of drug-likeness (QED) is 0.299. The smallest absolute Gasteiger partial charge is 0.102 e. The van der Waals surface area contributed by atoms with Gasteiger partial charge in [0, 0.05) is 18.1 Å². The number of hydrogen-bond donors (Lipinski definition) is 0. The summed E-state index contributed by atoms with van der Waals surface area (Å²) in [7, 11) is 0. The molecule has 0 aromatic heterocycles. The molecule has 0 bridgehead atoms. The first-order valence-electron chi connectivity index (χ1n) is 11.9. The highest BCUT2D eigenvalue weighted by Crippen LogP contribution is 2.43. The van der Waals surface area contributed by atoms with E-state index in [0.717, 1.165) is 70.0 Å². The Hall–Kier alpha value is -3.54. The molecule has 0 aliphatic carbocycles. The van der Waals surface area contributed by atoms with E-state index in [0.29, 0.717) is 6.42 Å². The van der Waals surface area contributed by atoms with E-state index in [1.807, 2.05) is 24.3 Å². The molecule has 1 heterocycles. The van der Waals surface area contributed by atoms with Crippen molar-refractivity contribution in [3.05, 3.63) is 113 Å². The van der Waals surface area contributed by atoms with Crippen LogP contribution in [-0.4, -0.2) is 13.1 Å². The topological polar surface area (TPSA) is 27.0 Å². The van der Waals surface area contributed by atoms with Gasteiger partial charge < -0.3 is 4.90 Å². The van der Waals surface area contributed by atoms with Crippen LogP contribution in [-0.2, 0) is 6.42 Å². The molecular formula is C31H27ClN2. The first-order valence-corrected chi connectivity index (χ1v) is 12.3. The lowest BCUT2D eigenvalue weighted by Crippen LogP contribution is -2.30. The van der Waals surface area contributed by atoms with Crippen molar-refractivity contribution in [1.29, 1.82) is 5.26 Å². The molecule has 0 N–H and O–H groups in total. The highest BCUT2D eigenvalue weighted by Gasteiger charge is 2.24. The summed E-state index contributed by atoms with van der Waals surface area (Å²) in [5, 5.41) is 11.2.